The molecular formula is C11H15IrN2+. The van der Waals surface area contributed by atoms with E-state index in [4.69, 9.17) is 0 Å². The molecule has 0 N–H and O–H groups in total. The van der Waals surface area contributed by atoms with Crippen molar-refractivity contribution in [2.75, 3.05) is 0 Å². The molecule has 2 aromatic rings. The molecule has 0 aromatic carbocycles. The molecule has 0 aliphatic heterocycles. The number of aromatic nitrogens is 2. The smallest absolute Gasteiger partial charge is 0.183 e. The van der Waals surface area contributed by atoms with Crippen molar-refractivity contribution in [1.29, 1.82) is 0 Å². The Kier molecular flexibility index (Phi) is 3.13. The molecular weight excluding hydrogens is 352 g/mol. The second kappa shape index (κ2) is 3.84. The molecule has 0 saturated carbocycles. The van der Waals surface area contributed by atoms with Crippen LogP contribution in [0.1, 0.15) is 16.8 Å². The van der Waals surface area contributed by atoms with E-state index in [1.807, 2.05) is 0 Å². The molecule has 1 radical (unpaired) electrons. The average molecular weight is 367 g/mol. The fourth-order valence-corrected chi connectivity index (χ4v) is 1.74. The minimum absolute atomic E-state index is 0. The number of hydrogen-bond acceptors (Lipinski definition) is 0. The molecule has 0 unspecified atom stereocenters. The molecule has 2 nitrogen and oxygen atoms in total. The molecule has 2 aromatic heterocycles. The van der Waals surface area contributed by atoms with E-state index in [0.29, 0.717) is 0 Å². The summed E-state index contributed by atoms with van der Waals surface area (Å²) in [5.74, 6) is 0. The van der Waals surface area contributed by atoms with Gasteiger partial charge in [-0.25, -0.2) is 0 Å². The van der Waals surface area contributed by atoms with E-state index in [1.54, 1.807) is 0 Å². The van der Waals surface area contributed by atoms with Crippen LogP contribution in [0.2, 0.25) is 0 Å². The maximum atomic E-state index is 2.22. The van der Waals surface area contributed by atoms with E-state index >= 15 is 0 Å². The SMILES string of the molecule is Cc1cc2cn(C)[cH+]n2c(C)c1C.[Ir]. The maximum Gasteiger partial charge on any atom is 0.183 e. The quantitative estimate of drug-likeness (QED) is 0.633. The largest absolute Gasteiger partial charge is 0.254 e. The van der Waals surface area contributed by atoms with Crippen LogP contribution in [0.4, 0.5) is 0 Å². The van der Waals surface area contributed by atoms with Crippen molar-refractivity contribution in [3.63, 3.8) is 0 Å². The number of hydrogen-bond donors (Lipinski definition) is 0. The van der Waals surface area contributed by atoms with Gasteiger partial charge in [0.15, 0.2) is 11.8 Å². The second-order valence-corrected chi connectivity index (χ2v) is 3.74. The summed E-state index contributed by atoms with van der Waals surface area (Å²) >= 11 is 0. The Morgan fingerprint density at radius 2 is 1.86 bits per heavy atom. The Morgan fingerprint density at radius 3 is 2.50 bits per heavy atom. The monoisotopic (exact) mass is 368 g/mol. The van der Waals surface area contributed by atoms with Gasteiger partial charge in [0.05, 0.1) is 0 Å². The van der Waals surface area contributed by atoms with E-state index < -0.39 is 0 Å². The minimum Gasteiger partial charge on any atom is -0.254 e. The predicted molar refractivity (Wildman–Crippen MR) is 55.0 cm³/mol. The molecule has 2 rings (SSSR count). The summed E-state index contributed by atoms with van der Waals surface area (Å²) in [5.41, 5.74) is 5.34. The number of fused-ring (bicyclic) bond motifs is 1. The van der Waals surface area contributed by atoms with Crippen LogP contribution < -0.4 is 0 Å². The van der Waals surface area contributed by atoms with Crippen molar-refractivity contribution in [3.05, 3.63) is 35.4 Å². The second-order valence-electron chi connectivity index (χ2n) is 3.74. The normalized spacial score (nSPS) is 10.3. The van der Waals surface area contributed by atoms with Crippen molar-refractivity contribution in [1.82, 2.24) is 8.97 Å². The summed E-state index contributed by atoms with van der Waals surface area (Å²) in [6.45, 7) is 6.49. The molecule has 0 saturated heterocycles. The van der Waals surface area contributed by atoms with E-state index in [9.17, 15) is 0 Å². The third kappa shape index (κ3) is 1.62. The molecule has 14 heavy (non-hydrogen) atoms. The summed E-state index contributed by atoms with van der Waals surface area (Å²) in [6, 6.07) is 2.22. The molecule has 0 aliphatic carbocycles. The Labute approximate surface area is 97.9 Å². The number of rotatable bonds is 0. The van der Waals surface area contributed by atoms with Crippen LogP contribution in [0.25, 0.3) is 5.52 Å². The van der Waals surface area contributed by atoms with Gasteiger partial charge in [-0.1, -0.05) is 0 Å². The summed E-state index contributed by atoms with van der Waals surface area (Å²) in [6.07, 6.45) is 4.25. The molecule has 0 amide bonds. The van der Waals surface area contributed by atoms with Gasteiger partial charge in [0.2, 0.25) is 0 Å². The molecule has 3 heteroatoms. The molecule has 0 aliphatic rings. The van der Waals surface area contributed by atoms with Crippen molar-refractivity contribution < 1.29 is 20.1 Å². The number of aryl methyl sites for hydroxylation is 3. The predicted octanol–water partition coefficient (Wildman–Crippen LogP) is 2.48. The topological polar surface area (TPSA) is 9.34 Å². The van der Waals surface area contributed by atoms with Gasteiger partial charge < -0.3 is 0 Å². The van der Waals surface area contributed by atoms with Gasteiger partial charge in [-0.2, -0.15) is 4.40 Å². The number of nitrogens with zero attached hydrogens (tertiary/aromatic N) is 2. The van der Waals surface area contributed by atoms with Gasteiger partial charge in [0.1, 0.15) is 11.9 Å². The summed E-state index contributed by atoms with van der Waals surface area (Å²) in [4.78, 5) is 0. The fraction of sp³-hybridized carbons (Fsp3) is 0.364. The Bertz CT molecular complexity index is 472. The average Bonchev–Trinajstić information content (AvgIpc) is 2.42. The third-order valence-corrected chi connectivity index (χ3v) is 2.77. The van der Waals surface area contributed by atoms with Crippen molar-refractivity contribution in [2.45, 2.75) is 20.8 Å². The summed E-state index contributed by atoms with van der Waals surface area (Å²) in [5, 5.41) is 0. The van der Waals surface area contributed by atoms with Crippen molar-refractivity contribution >= 4 is 5.52 Å². The van der Waals surface area contributed by atoms with E-state index in [2.05, 4.69) is 55.4 Å². The van der Waals surface area contributed by atoms with Gasteiger partial charge in [-0.05, 0) is 19.4 Å². The van der Waals surface area contributed by atoms with Gasteiger partial charge in [-0.15, -0.1) is 0 Å². The molecule has 77 valence electrons. The Morgan fingerprint density at radius 1 is 1.21 bits per heavy atom. The van der Waals surface area contributed by atoms with Gasteiger partial charge in [-0.3, -0.25) is 4.57 Å². The zero-order valence-electron chi connectivity index (χ0n) is 8.96. The number of pyridine rings is 1. The molecule has 0 atom stereocenters. The van der Waals surface area contributed by atoms with Crippen molar-refractivity contribution in [3.8, 4) is 0 Å². The van der Waals surface area contributed by atoms with Crippen LogP contribution in [0.5, 0.6) is 0 Å². The van der Waals surface area contributed by atoms with E-state index in [0.717, 1.165) is 0 Å². The third-order valence-electron chi connectivity index (χ3n) is 2.77. The van der Waals surface area contributed by atoms with Gasteiger partial charge >= 0.3 is 0 Å². The standard InChI is InChI=1S/C11H15N2.Ir/c1-8-5-11-6-12(4)7-13(11)10(3)9(8)2;/h5-7H,1-4H3;/q+1;. The molecule has 0 fully saturated rings. The van der Waals surface area contributed by atoms with E-state index in [-0.39, 0.29) is 20.1 Å². The fourth-order valence-electron chi connectivity index (χ4n) is 1.74. The van der Waals surface area contributed by atoms with Crippen LogP contribution >= 0.6 is 0 Å². The maximum absolute atomic E-state index is 2.22. The van der Waals surface area contributed by atoms with Crippen LogP contribution in [-0.2, 0) is 27.2 Å². The first-order valence-electron chi connectivity index (χ1n) is 4.54. The van der Waals surface area contributed by atoms with Gasteiger partial charge in [0.25, 0.3) is 0 Å². The minimum atomic E-state index is 0. The Hall–Kier alpha value is -0.661. The van der Waals surface area contributed by atoms with Crippen LogP contribution in [0, 0.1) is 20.8 Å². The molecule has 0 bridgehead atoms. The molecule has 0 spiro atoms. The van der Waals surface area contributed by atoms with Crippen molar-refractivity contribution in [2.24, 2.45) is 7.05 Å². The molecule has 2 heterocycles. The zero-order chi connectivity index (χ0) is 9.59. The summed E-state index contributed by atoms with van der Waals surface area (Å²) in [7, 11) is 2.05. The Balaban J connectivity index is 0.000000980. The first-order valence-corrected chi connectivity index (χ1v) is 4.54. The van der Waals surface area contributed by atoms with E-state index in [1.165, 1.54) is 22.3 Å². The first kappa shape index (κ1) is 11.4. The zero-order valence-corrected chi connectivity index (χ0v) is 11.4. The summed E-state index contributed by atoms with van der Waals surface area (Å²) < 4.78 is 4.31. The van der Waals surface area contributed by atoms with Crippen LogP contribution in [0.15, 0.2) is 18.6 Å². The van der Waals surface area contributed by atoms with Gasteiger partial charge in [0, 0.05) is 45.7 Å². The van der Waals surface area contributed by atoms with Crippen LogP contribution in [0.3, 0.4) is 0 Å². The first-order chi connectivity index (χ1) is 6.09. The number of imidazole rings is 1. The van der Waals surface area contributed by atoms with Crippen LogP contribution in [-0.4, -0.2) is 8.97 Å².